The highest BCUT2D eigenvalue weighted by Crippen LogP contribution is 2.35. The van der Waals surface area contributed by atoms with Crippen LogP contribution in [0.3, 0.4) is 0 Å². The lowest BCUT2D eigenvalue weighted by Crippen LogP contribution is -2.11. The van der Waals surface area contributed by atoms with E-state index in [0.717, 1.165) is 24.2 Å². The number of pyridine rings is 1. The molecule has 4 rings (SSSR count). The zero-order chi connectivity index (χ0) is 17.3. The Morgan fingerprint density at radius 3 is 2.88 bits per heavy atom. The maximum atomic E-state index is 12.5. The van der Waals surface area contributed by atoms with Crippen LogP contribution in [0.15, 0.2) is 44.7 Å². The van der Waals surface area contributed by atoms with Gasteiger partial charge in [0, 0.05) is 23.1 Å². The number of aromatic nitrogens is 3. The number of thiophene rings is 1. The molecule has 0 saturated heterocycles. The number of anilines is 1. The van der Waals surface area contributed by atoms with Gasteiger partial charge >= 0.3 is 0 Å². The highest BCUT2D eigenvalue weighted by Gasteiger charge is 2.24. The van der Waals surface area contributed by atoms with Gasteiger partial charge < -0.3 is 4.52 Å². The molecule has 0 bridgehead atoms. The molecule has 130 valence electrons. The summed E-state index contributed by atoms with van der Waals surface area (Å²) < 4.78 is 33.0. The quantitative estimate of drug-likeness (QED) is 0.730. The Hall–Kier alpha value is -2.26. The highest BCUT2D eigenvalue weighted by molar-refractivity contribution is 7.94. The second-order valence-corrected chi connectivity index (χ2v) is 8.76. The summed E-state index contributed by atoms with van der Waals surface area (Å²) in [6.07, 6.45) is 7.55. The summed E-state index contributed by atoms with van der Waals surface area (Å²) in [6, 6.07) is 4.88. The van der Waals surface area contributed by atoms with Crippen LogP contribution >= 0.6 is 11.3 Å². The van der Waals surface area contributed by atoms with Crippen molar-refractivity contribution in [2.75, 3.05) is 4.72 Å². The van der Waals surface area contributed by atoms with Gasteiger partial charge in [-0.3, -0.25) is 9.71 Å². The lowest BCUT2D eigenvalue weighted by Gasteiger charge is -2.04. The summed E-state index contributed by atoms with van der Waals surface area (Å²) in [4.78, 5) is 8.35. The molecular weight excluding hydrogens is 360 g/mol. The Balaban J connectivity index is 1.55. The number of hydrogen-bond acceptors (Lipinski definition) is 7. The second kappa shape index (κ2) is 6.57. The Kier molecular flexibility index (Phi) is 4.26. The molecule has 0 spiro atoms. The van der Waals surface area contributed by atoms with E-state index in [1.165, 1.54) is 19.0 Å². The predicted molar refractivity (Wildman–Crippen MR) is 93.9 cm³/mol. The van der Waals surface area contributed by atoms with Crippen LogP contribution in [-0.4, -0.2) is 23.5 Å². The molecule has 1 fully saturated rings. The van der Waals surface area contributed by atoms with Crippen molar-refractivity contribution in [1.82, 2.24) is 15.1 Å². The van der Waals surface area contributed by atoms with Gasteiger partial charge in [0.2, 0.25) is 11.7 Å². The van der Waals surface area contributed by atoms with E-state index in [1.54, 1.807) is 29.8 Å². The maximum Gasteiger partial charge on any atom is 0.271 e. The van der Waals surface area contributed by atoms with E-state index in [0.29, 0.717) is 28.9 Å². The van der Waals surface area contributed by atoms with Crippen molar-refractivity contribution in [3.05, 3.63) is 41.9 Å². The van der Waals surface area contributed by atoms with Gasteiger partial charge in [0.25, 0.3) is 10.0 Å². The summed E-state index contributed by atoms with van der Waals surface area (Å²) >= 11 is 1.12. The minimum Gasteiger partial charge on any atom is -0.339 e. The van der Waals surface area contributed by atoms with E-state index >= 15 is 0 Å². The largest absolute Gasteiger partial charge is 0.339 e. The lowest BCUT2D eigenvalue weighted by molar-refractivity contribution is 0.354. The highest BCUT2D eigenvalue weighted by atomic mass is 32.2. The lowest BCUT2D eigenvalue weighted by atomic mass is 10.1. The monoisotopic (exact) mass is 376 g/mol. The van der Waals surface area contributed by atoms with E-state index < -0.39 is 10.0 Å². The van der Waals surface area contributed by atoms with Crippen LogP contribution in [0.1, 0.15) is 37.5 Å². The fraction of sp³-hybridized carbons (Fsp3) is 0.312. The SMILES string of the molecule is O=S(=O)(Nc1cccnc1)c1cc(-c2noc(C3CCCC3)n2)cs1. The van der Waals surface area contributed by atoms with Crippen molar-refractivity contribution < 1.29 is 12.9 Å². The first-order valence-corrected chi connectivity index (χ1v) is 10.3. The number of hydrogen-bond donors (Lipinski definition) is 1. The van der Waals surface area contributed by atoms with Gasteiger partial charge in [-0.25, -0.2) is 8.42 Å². The van der Waals surface area contributed by atoms with Crippen molar-refractivity contribution in [2.45, 2.75) is 35.8 Å². The van der Waals surface area contributed by atoms with E-state index in [9.17, 15) is 8.42 Å². The molecule has 7 nitrogen and oxygen atoms in total. The van der Waals surface area contributed by atoms with Crippen molar-refractivity contribution in [3.63, 3.8) is 0 Å². The van der Waals surface area contributed by atoms with E-state index in [1.807, 2.05) is 0 Å². The van der Waals surface area contributed by atoms with Crippen molar-refractivity contribution in [3.8, 4) is 11.4 Å². The summed E-state index contributed by atoms with van der Waals surface area (Å²) in [5.74, 6) is 1.41. The van der Waals surface area contributed by atoms with E-state index in [2.05, 4.69) is 19.8 Å². The molecule has 0 atom stereocenters. The molecule has 1 N–H and O–H groups in total. The van der Waals surface area contributed by atoms with Crippen LogP contribution in [0.25, 0.3) is 11.4 Å². The third-order valence-corrected chi connectivity index (χ3v) is 6.98. The summed E-state index contributed by atoms with van der Waals surface area (Å²) in [6.45, 7) is 0. The summed E-state index contributed by atoms with van der Waals surface area (Å²) in [7, 11) is -3.67. The van der Waals surface area contributed by atoms with Gasteiger partial charge in [-0.05, 0) is 31.0 Å². The van der Waals surface area contributed by atoms with Crippen molar-refractivity contribution in [1.29, 1.82) is 0 Å². The van der Waals surface area contributed by atoms with E-state index in [-0.39, 0.29) is 4.21 Å². The number of rotatable bonds is 5. The summed E-state index contributed by atoms with van der Waals surface area (Å²) in [5.41, 5.74) is 1.06. The third-order valence-electron chi connectivity index (χ3n) is 4.16. The molecule has 1 aliphatic rings. The second-order valence-electron chi connectivity index (χ2n) is 5.94. The molecule has 1 aliphatic carbocycles. The average molecular weight is 376 g/mol. The average Bonchev–Trinajstić information content (AvgIpc) is 3.35. The van der Waals surface area contributed by atoms with Gasteiger partial charge in [-0.1, -0.05) is 18.0 Å². The third kappa shape index (κ3) is 3.42. The fourth-order valence-corrected chi connectivity index (χ4v) is 5.10. The van der Waals surface area contributed by atoms with Crippen molar-refractivity contribution in [2.24, 2.45) is 0 Å². The van der Waals surface area contributed by atoms with Gasteiger partial charge in [-0.2, -0.15) is 4.98 Å². The zero-order valence-corrected chi connectivity index (χ0v) is 14.9. The molecule has 0 aromatic carbocycles. The molecule has 1 saturated carbocycles. The van der Waals surface area contributed by atoms with Gasteiger partial charge in [-0.15, -0.1) is 11.3 Å². The first kappa shape index (κ1) is 16.2. The van der Waals surface area contributed by atoms with Crippen LogP contribution in [0.4, 0.5) is 5.69 Å². The minimum atomic E-state index is -3.67. The Bertz CT molecular complexity index is 960. The Morgan fingerprint density at radius 1 is 1.28 bits per heavy atom. The molecule has 0 radical (unpaired) electrons. The number of nitrogens with zero attached hydrogens (tertiary/aromatic N) is 3. The van der Waals surface area contributed by atoms with Gasteiger partial charge in [0.15, 0.2) is 0 Å². The Morgan fingerprint density at radius 2 is 2.12 bits per heavy atom. The normalized spacial score (nSPS) is 15.5. The summed E-state index contributed by atoms with van der Waals surface area (Å²) in [5, 5.41) is 5.73. The van der Waals surface area contributed by atoms with Crippen LogP contribution in [-0.2, 0) is 10.0 Å². The maximum absolute atomic E-state index is 12.5. The van der Waals surface area contributed by atoms with Gasteiger partial charge in [0.1, 0.15) is 4.21 Å². The first-order chi connectivity index (χ1) is 12.1. The first-order valence-electron chi connectivity index (χ1n) is 7.97. The van der Waals surface area contributed by atoms with Gasteiger partial charge in [0.05, 0.1) is 11.9 Å². The topological polar surface area (TPSA) is 98.0 Å². The molecule has 3 aromatic rings. The molecular formula is C16H16N4O3S2. The van der Waals surface area contributed by atoms with Crippen molar-refractivity contribution >= 4 is 27.0 Å². The minimum absolute atomic E-state index is 0.193. The number of nitrogens with one attached hydrogen (secondary N) is 1. The van der Waals surface area contributed by atoms with E-state index in [4.69, 9.17) is 4.52 Å². The molecule has 0 amide bonds. The molecule has 3 heterocycles. The zero-order valence-electron chi connectivity index (χ0n) is 13.3. The Labute approximate surface area is 149 Å². The predicted octanol–water partition coefficient (Wildman–Crippen LogP) is 3.65. The number of sulfonamides is 1. The molecule has 3 aromatic heterocycles. The molecule has 0 unspecified atom stereocenters. The van der Waals surface area contributed by atoms with Crippen LogP contribution in [0.2, 0.25) is 0 Å². The van der Waals surface area contributed by atoms with Crippen LogP contribution < -0.4 is 4.72 Å². The molecule has 25 heavy (non-hydrogen) atoms. The van der Waals surface area contributed by atoms with Crippen LogP contribution in [0.5, 0.6) is 0 Å². The fourth-order valence-electron chi connectivity index (χ4n) is 2.89. The molecule has 9 heteroatoms. The molecule has 0 aliphatic heterocycles. The standard InChI is InChI=1S/C16H16N4O3S2/c21-25(22,20-13-6-3-7-17-9-13)14-8-12(10-24-14)15-18-16(23-19-15)11-4-1-2-5-11/h3,6-11,20H,1-2,4-5H2. The smallest absolute Gasteiger partial charge is 0.271 e. The van der Waals surface area contributed by atoms with Crippen LogP contribution in [0, 0.1) is 0 Å².